The summed E-state index contributed by atoms with van der Waals surface area (Å²) in [4.78, 5) is 29.4. The highest BCUT2D eigenvalue weighted by atomic mass is 16.5. The number of anilines is 1. The van der Waals surface area contributed by atoms with Crippen molar-refractivity contribution in [2.24, 2.45) is 0 Å². The van der Waals surface area contributed by atoms with E-state index in [4.69, 9.17) is 9.72 Å². The normalized spacial score (nSPS) is 20.2. The number of amides is 2. The molecule has 150 valence electrons. The van der Waals surface area contributed by atoms with Gasteiger partial charge in [0.1, 0.15) is 12.4 Å². The molecule has 2 aliphatic heterocycles. The SMILES string of the molecule is CC(=O)Nc1ccc2c(c1)nc1n2C(CNC2CCN(C(C)=O)CC2)COC1. The van der Waals surface area contributed by atoms with Crippen molar-refractivity contribution < 1.29 is 14.3 Å². The molecule has 1 fully saturated rings. The van der Waals surface area contributed by atoms with Crippen LogP contribution in [0.2, 0.25) is 0 Å². The van der Waals surface area contributed by atoms with Gasteiger partial charge in [0, 0.05) is 45.2 Å². The van der Waals surface area contributed by atoms with Gasteiger partial charge in [0.2, 0.25) is 11.8 Å². The number of carbonyl (C=O) groups excluding carboxylic acids is 2. The Morgan fingerprint density at radius 3 is 2.75 bits per heavy atom. The minimum Gasteiger partial charge on any atom is -0.371 e. The molecule has 4 rings (SSSR count). The highest BCUT2D eigenvalue weighted by Gasteiger charge is 2.26. The summed E-state index contributed by atoms with van der Waals surface area (Å²) in [5, 5.41) is 6.47. The monoisotopic (exact) mass is 385 g/mol. The van der Waals surface area contributed by atoms with E-state index in [1.54, 1.807) is 6.92 Å². The minimum atomic E-state index is -0.0930. The van der Waals surface area contributed by atoms with Crippen LogP contribution in [-0.4, -0.2) is 58.5 Å². The van der Waals surface area contributed by atoms with Gasteiger partial charge < -0.3 is 24.8 Å². The molecule has 0 radical (unpaired) electrons. The van der Waals surface area contributed by atoms with Crippen LogP contribution in [0.5, 0.6) is 0 Å². The fraction of sp³-hybridized carbons (Fsp3) is 0.550. The van der Waals surface area contributed by atoms with E-state index in [1.165, 1.54) is 6.92 Å². The number of aromatic nitrogens is 2. The molecule has 2 amide bonds. The Labute approximate surface area is 164 Å². The van der Waals surface area contributed by atoms with Crippen LogP contribution in [-0.2, 0) is 20.9 Å². The number of ether oxygens (including phenoxy) is 1. The number of fused-ring (bicyclic) bond motifs is 3. The molecule has 1 unspecified atom stereocenters. The van der Waals surface area contributed by atoms with Gasteiger partial charge in [-0.3, -0.25) is 9.59 Å². The Bertz CT molecular complexity index is 885. The molecule has 2 aromatic rings. The van der Waals surface area contributed by atoms with Crippen LogP contribution in [0.4, 0.5) is 5.69 Å². The van der Waals surface area contributed by atoms with E-state index in [0.29, 0.717) is 19.3 Å². The summed E-state index contributed by atoms with van der Waals surface area (Å²) in [7, 11) is 0. The van der Waals surface area contributed by atoms with E-state index in [-0.39, 0.29) is 17.9 Å². The lowest BCUT2D eigenvalue weighted by Crippen LogP contribution is -2.46. The molecule has 3 heterocycles. The molecule has 1 aromatic heterocycles. The van der Waals surface area contributed by atoms with Crippen LogP contribution < -0.4 is 10.6 Å². The molecule has 1 atom stereocenters. The maximum atomic E-state index is 11.5. The fourth-order valence-corrected chi connectivity index (χ4v) is 4.15. The highest BCUT2D eigenvalue weighted by molar-refractivity contribution is 5.91. The smallest absolute Gasteiger partial charge is 0.221 e. The zero-order chi connectivity index (χ0) is 19.7. The predicted molar refractivity (Wildman–Crippen MR) is 106 cm³/mol. The molecule has 2 aliphatic rings. The summed E-state index contributed by atoms with van der Waals surface area (Å²) in [5.41, 5.74) is 2.68. The van der Waals surface area contributed by atoms with E-state index in [2.05, 4.69) is 15.2 Å². The van der Waals surface area contributed by atoms with Gasteiger partial charge in [-0.2, -0.15) is 0 Å². The number of nitrogens with zero attached hydrogens (tertiary/aromatic N) is 3. The molecular weight excluding hydrogens is 358 g/mol. The number of imidazole rings is 1. The molecule has 0 aliphatic carbocycles. The van der Waals surface area contributed by atoms with E-state index in [9.17, 15) is 9.59 Å². The second-order valence-electron chi connectivity index (χ2n) is 7.64. The zero-order valence-electron chi connectivity index (χ0n) is 16.4. The summed E-state index contributed by atoms with van der Waals surface area (Å²) in [5.74, 6) is 0.983. The topological polar surface area (TPSA) is 88.5 Å². The molecule has 2 N–H and O–H groups in total. The van der Waals surface area contributed by atoms with Gasteiger partial charge in [0.15, 0.2) is 0 Å². The lowest BCUT2D eigenvalue weighted by Gasteiger charge is -2.33. The number of hydrogen-bond acceptors (Lipinski definition) is 5. The molecular formula is C20H27N5O3. The molecule has 1 aromatic carbocycles. The average Bonchev–Trinajstić information content (AvgIpc) is 3.04. The molecule has 0 saturated carbocycles. The molecule has 0 bridgehead atoms. The van der Waals surface area contributed by atoms with Crippen molar-refractivity contribution in [3.63, 3.8) is 0 Å². The van der Waals surface area contributed by atoms with Gasteiger partial charge >= 0.3 is 0 Å². The second-order valence-corrected chi connectivity index (χ2v) is 7.64. The predicted octanol–water partition coefficient (Wildman–Crippen LogP) is 1.67. The van der Waals surface area contributed by atoms with Gasteiger partial charge in [-0.05, 0) is 31.0 Å². The zero-order valence-corrected chi connectivity index (χ0v) is 16.4. The molecule has 0 spiro atoms. The van der Waals surface area contributed by atoms with Gasteiger partial charge in [-0.25, -0.2) is 4.98 Å². The van der Waals surface area contributed by atoms with Crippen molar-refractivity contribution in [1.29, 1.82) is 0 Å². The van der Waals surface area contributed by atoms with E-state index in [0.717, 1.165) is 55.0 Å². The fourth-order valence-electron chi connectivity index (χ4n) is 4.15. The maximum absolute atomic E-state index is 11.5. The van der Waals surface area contributed by atoms with Crippen molar-refractivity contribution in [3.05, 3.63) is 24.0 Å². The first-order chi connectivity index (χ1) is 13.5. The third-order valence-electron chi connectivity index (χ3n) is 5.57. The lowest BCUT2D eigenvalue weighted by molar-refractivity contribution is -0.129. The number of hydrogen-bond donors (Lipinski definition) is 2. The molecule has 8 heteroatoms. The van der Waals surface area contributed by atoms with Gasteiger partial charge in [0.25, 0.3) is 0 Å². The number of likely N-dealkylation sites (tertiary alicyclic amines) is 1. The number of nitrogens with one attached hydrogen (secondary N) is 2. The van der Waals surface area contributed by atoms with E-state index in [1.807, 2.05) is 23.1 Å². The highest BCUT2D eigenvalue weighted by Crippen LogP contribution is 2.28. The number of piperidine rings is 1. The van der Waals surface area contributed by atoms with Gasteiger partial charge in [-0.15, -0.1) is 0 Å². The van der Waals surface area contributed by atoms with Crippen molar-refractivity contribution >= 4 is 28.5 Å². The minimum absolute atomic E-state index is 0.0930. The van der Waals surface area contributed by atoms with Gasteiger partial charge in [0.05, 0.1) is 23.7 Å². The summed E-state index contributed by atoms with van der Waals surface area (Å²) < 4.78 is 8.03. The second kappa shape index (κ2) is 7.89. The Hall–Kier alpha value is -2.45. The molecule has 28 heavy (non-hydrogen) atoms. The van der Waals surface area contributed by atoms with Crippen molar-refractivity contribution in [1.82, 2.24) is 19.8 Å². The summed E-state index contributed by atoms with van der Waals surface area (Å²) in [6.07, 6.45) is 1.95. The largest absolute Gasteiger partial charge is 0.371 e. The first-order valence-electron chi connectivity index (χ1n) is 9.86. The van der Waals surface area contributed by atoms with Gasteiger partial charge in [-0.1, -0.05) is 0 Å². The Morgan fingerprint density at radius 1 is 1.25 bits per heavy atom. The Morgan fingerprint density at radius 2 is 2.04 bits per heavy atom. The third-order valence-corrected chi connectivity index (χ3v) is 5.57. The summed E-state index contributed by atoms with van der Waals surface area (Å²) in [6.45, 7) is 6.72. The maximum Gasteiger partial charge on any atom is 0.221 e. The van der Waals surface area contributed by atoms with Crippen LogP contribution >= 0.6 is 0 Å². The van der Waals surface area contributed by atoms with Crippen LogP contribution in [0.15, 0.2) is 18.2 Å². The number of carbonyl (C=O) groups is 2. The van der Waals surface area contributed by atoms with E-state index >= 15 is 0 Å². The number of benzene rings is 1. The van der Waals surface area contributed by atoms with Crippen LogP contribution in [0.25, 0.3) is 11.0 Å². The standard InChI is InChI=1S/C20H27N5O3/c1-13(26)22-16-3-4-19-18(9-16)23-20-12-28-11-17(25(19)20)10-21-15-5-7-24(8-6-15)14(2)27/h3-4,9,15,17,21H,5-8,10-12H2,1-2H3,(H,22,26). The molecule has 8 nitrogen and oxygen atoms in total. The van der Waals surface area contributed by atoms with Crippen LogP contribution in [0.3, 0.4) is 0 Å². The van der Waals surface area contributed by atoms with Crippen LogP contribution in [0, 0.1) is 0 Å². The summed E-state index contributed by atoms with van der Waals surface area (Å²) >= 11 is 0. The van der Waals surface area contributed by atoms with Crippen molar-refractivity contribution in [3.8, 4) is 0 Å². The van der Waals surface area contributed by atoms with Crippen molar-refractivity contribution in [2.45, 2.75) is 45.4 Å². The first kappa shape index (κ1) is 18.9. The average molecular weight is 385 g/mol. The summed E-state index contributed by atoms with van der Waals surface area (Å²) in [6, 6.07) is 6.43. The first-order valence-corrected chi connectivity index (χ1v) is 9.86. The van der Waals surface area contributed by atoms with Crippen LogP contribution in [0.1, 0.15) is 38.6 Å². The quantitative estimate of drug-likeness (QED) is 0.836. The van der Waals surface area contributed by atoms with E-state index < -0.39 is 0 Å². The lowest BCUT2D eigenvalue weighted by atomic mass is 10.0. The number of rotatable bonds is 4. The third kappa shape index (κ3) is 3.88. The Kier molecular flexibility index (Phi) is 5.32. The molecule has 1 saturated heterocycles. The van der Waals surface area contributed by atoms with Crippen molar-refractivity contribution in [2.75, 3.05) is 31.6 Å². The Balaban J connectivity index is 1.46.